The average Bonchev–Trinajstić information content (AvgIpc) is 2.51. The van der Waals surface area contributed by atoms with Crippen molar-refractivity contribution in [3.8, 4) is 0 Å². The van der Waals surface area contributed by atoms with E-state index in [1.54, 1.807) is 24.3 Å². The number of carbonyl (C=O) groups excluding carboxylic acids is 1. The van der Waals surface area contributed by atoms with Crippen molar-refractivity contribution in [2.24, 2.45) is 0 Å². The molecule has 0 aromatic heterocycles. The molecule has 0 fully saturated rings. The van der Waals surface area contributed by atoms with Gasteiger partial charge in [-0.1, -0.05) is 18.2 Å². The molecule has 0 saturated carbocycles. The molecule has 0 unspecified atom stereocenters. The molecule has 0 saturated heterocycles. The fourth-order valence-electron chi connectivity index (χ4n) is 1.92. The third-order valence-corrected chi connectivity index (χ3v) is 2.75. The van der Waals surface area contributed by atoms with Crippen LogP contribution in [0, 0.1) is 0 Å². The van der Waals surface area contributed by atoms with Crippen molar-refractivity contribution in [1.29, 1.82) is 0 Å². The standard InChI is InChI=1S/C16H22O5/c1-4-7-18-12-15-16(20-9-6-3)14(19-8-5-2)10-13(11-17)21-15/h4-6,10-11,14-16H,1-3,7-9,12H2/t14-,15-,16+/m1/s1. The summed E-state index contributed by atoms with van der Waals surface area (Å²) in [5.41, 5.74) is 0. The van der Waals surface area contributed by atoms with Gasteiger partial charge in [0.05, 0.1) is 26.4 Å². The van der Waals surface area contributed by atoms with E-state index in [0.29, 0.717) is 26.1 Å². The van der Waals surface area contributed by atoms with Crippen molar-refractivity contribution >= 4 is 6.29 Å². The highest BCUT2D eigenvalue weighted by Crippen LogP contribution is 2.23. The molecular weight excluding hydrogens is 272 g/mol. The molecule has 116 valence electrons. The number of carbonyl (C=O) groups is 1. The average molecular weight is 294 g/mol. The lowest BCUT2D eigenvalue weighted by Gasteiger charge is -2.35. The zero-order chi connectivity index (χ0) is 15.5. The quantitative estimate of drug-likeness (QED) is 0.330. The van der Waals surface area contributed by atoms with Crippen molar-refractivity contribution < 1.29 is 23.7 Å². The summed E-state index contributed by atoms with van der Waals surface area (Å²) in [5.74, 6) is 0.217. The monoisotopic (exact) mass is 294 g/mol. The van der Waals surface area contributed by atoms with Gasteiger partial charge in [-0.3, -0.25) is 4.79 Å². The van der Waals surface area contributed by atoms with E-state index in [1.165, 1.54) is 0 Å². The fraction of sp³-hybridized carbons (Fsp3) is 0.438. The van der Waals surface area contributed by atoms with Crippen molar-refractivity contribution in [3.05, 3.63) is 49.8 Å². The maximum atomic E-state index is 11.0. The SMILES string of the molecule is C=CCOC[C@H]1OC(C=O)=C[C@@H](OCC=C)[C@@H]1OCC=C. The molecule has 1 aliphatic heterocycles. The second-order valence-corrected chi connectivity index (χ2v) is 4.34. The van der Waals surface area contributed by atoms with Gasteiger partial charge in [0.1, 0.15) is 12.2 Å². The van der Waals surface area contributed by atoms with Crippen LogP contribution >= 0.6 is 0 Å². The van der Waals surface area contributed by atoms with Crippen LogP contribution in [0.25, 0.3) is 0 Å². The van der Waals surface area contributed by atoms with E-state index in [1.807, 2.05) is 0 Å². The molecule has 0 bridgehead atoms. The zero-order valence-electron chi connectivity index (χ0n) is 12.1. The summed E-state index contributed by atoms with van der Waals surface area (Å²) in [6, 6.07) is 0. The Hall–Kier alpha value is -1.69. The van der Waals surface area contributed by atoms with E-state index in [4.69, 9.17) is 18.9 Å². The van der Waals surface area contributed by atoms with Crippen LogP contribution in [0.1, 0.15) is 0 Å². The van der Waals surface area contributed by atoms with Gasteiger partial charge in [0.25, 0.3) is 0 Å². The minimum Gasteiger partial charge on any atom is -0.482 e. The van der Waals surface area contributed by atoms with Crippen molar-refractivity contribution in [2.75, 3.05) is 26.4 Å². The molecule has 5 nitrogen and oxygen atoms in total. The lowest BCUT2D eigenvalue weighted by atomic mass is 10.0. The predicted octanol–water partition coefficient (Wildman–Crippen LogP) is 1.81. The number of hydrogen-bond acceptors (Lipinski definition) is 5. The molecule has 0 N–H and O–H groups in total. The minimum absolute atomic E-state index is 0.217. The summed E-state index contributed by atoms with van der Waals surface area (Å²) >= 11 is 0. The van der Waals surface area contributed by atoms with Gasteiger partial charge in [0.15, 0.2) is 18.1 Å². The lowest BCUT2D eigenvalue weighted by Crippen LogP contribution is -2.47. The Bertz CT molecular complexity index is 388. The van der Waals surface area contributed by atoms with Gasteiger partial charge in [-0.05, 0) is 6.08 Å². The second-order valence-electron chi connectivity index (χ2n) is 4.34. The first-order valence-corrected chi connectivity index (χ1v) is 6.74. The van der Waals surface area contributed by atoms with E-state index < -0.39 is 18.3 Å². The maximum absolute atomic E-state index is 11.0. The highest BCUT2D eigenvalue weighted by atomic mass is 16.6. The van der Waals surface area contributed by atoms with Crippen molar-refractivity contribution in [2.45, 2.75) is 18.3 Å². The molecule has 0 aliphatic carbocycles. The molecule has 0 radical (unpaired) electrons. The van der Waals surface area contributed by atoms with Gasteiger partial charge in [-0.2, -0.15) is 0 Å². The Morgan fingerprint density at radius 2 is 1.76 bits per heavy atom. The van der Waals surface area contributed by atoms with Crippen LogP contribution in [-0.4, -0.2) is 51.0 Å². The van der Waals surface area contributed by atoms with E-state index >= 15 is 0 Å². The van der Waals surface area contributed by atoms with Crippen LogP contribution in [-0.2, 0) is 23.7 Å². The van der Waals surface area contributed by atoms with E-state index in [0.717, 1.165) is 0 Å². The van der Waals surface area contributed by atoms with Gasteiger partial charge in [0.2, 0.25) is 0 Å². The molecule has 1 aliphatic rings. The largest absolute Gasteiger partial charge is 0.482 e. The molecule has 1 heterocycles. The van der Waals surface area contributed by atoms with Crippen LogP contribution in [0.5, 0.6) is 0 Å². The third-order valence-electron chi connectivity index (χ3n) is 2.75. The van der Waals surface area contributed by atoms with Crippen LogP contribution in [0.2, 0.25) is 0 Å². The first-order valence-electron chi connectivity index (χ1n) is 6.74. The van der Waals surface area contributed by atoms with E-state index in [2.05, 4.69) is 19.7 Å². The molecule has 0 aromatic carbocycles. The van der Waals surface area contributed by atoms with Crippen LogP contribution in [0.3, 0.4) is 0 Å². The Balaban J connectivity index is 2.82. The lowest BCUT2D eigenvalue weighted by molar-refractivity contribution is -0.140. The molecular formula is C16H22O5. The van der Waals surface area contributed by atoms with E-state index in [9.17, 15) is 4.79 Å². The highest BCUT2D eigenvalue weighted by Gasteiger charge is 2.36. The van der Waals surface area contributed by atoms with Crippen LogP contribution < -0.4 is 0 Å². The van der Waals surface area contributed by atoms with Crippen LogP contribution in [0.15, 0.2) is 49.8 Å². The first kappa shape index (κ1) is 17.4. The Morgan fingerprint density at radius 1 is 1.10 bits per heavy atom. The number of allylic oxidation sites excluding steroid dienone is 1. The minimum atomic E-state index is -0.440. The molecule has 0 spiro atoms. The smallest absolute Gasteiger partial charge is 0.184 e. The summed E-state index contributed by atoms with van der Waals surface area (Å²) < 4.78 is 22.3. The summed E-state index contributed by atoms with van der Waals surface area (Å²) in [4.78, 5) is 11.0. The third kappa shape index (κ3) is 5.67. The molecule has 3 atom stereocenters. The number of hydrogen-bond donors (Lipinski definition) is 0. The molecule has 1 rings (SSSR count). The van der Waals surface area contributed by atoms with Crippen LogP contribution in [0.4, 0.5) is 0 Å². The number of ether oxygens (including phenoxy) is 4. The molecule has 5 heteroatoms. The normalized spacial score (nSPS) is 24.6. The van der Waals surface area contributed by atoms with Crippen molar-refractivity contribution in [1.82, 2.24) is 0 Å². The molecule has 21 heavy (non-hydrogen) atoms. The fourth-order valence-corrected chi connectivity index (χ4v) is 1.92. The first-order chi connectivity index (χ1) is 10.3. The van der Waals surface area contributed by atoms with E-state index in [-0.39, 0.29) is 12.4 Å². The molecule has 0 aromatic rings. The Morgan fingerprint density at radius 3 is 2.38 bits per heavy atom. The summed E-state index contributed by atoms with van der Waals surface area (Å²) in [7, 11) is 0. The second kappa shape index (κ2) is 10.1. The van der Waals surface area contributed by atoms with Crippen molar-refractivity contribution in [3.63, 3.8) is 0 Å². The Kier molecular flexibility index (Phi) is 8.35. The topological polar surface area (TPSA) is 54.0 Å². The zero-order valence-corrected chi connectivity index (χ0v) is 12.1. The van der Waals surface area contributed by atoms with Gasteiger partial charge >= 0.3 is 0 Å². The number of rotatable bonds is 11. The maximum Gasteiger partial charge on any atom is 0.184 e. The summed E-state index contributed by atoms with van der Waals surface area (Å²) in [6.07, 6.45) is 5.94. The highest BCUT2D eigenvalue weighted by molar-refractivity contribution is 5.70. The Labute approximate surface area is 125 Å². The van der Waals surface area contributed by atoms with Gasteiger partial charge in [0, 0.05) is 0 Å². The summed E-state index contributed by atoms with van der Waals surface area (Å²) in [5, 5.41) is 0. The van der Waals surface area contributed by atoms with Gasteiger partial charge in [-0.25, -0.2) is 0 Å². The predicted molar refractivity (Wildman–Crippen MR) is 79.9 cm³/mol. The molecule has 0 amide bonds. The van der Waals surface area contributed by atoms with Gasteiger partial charge < -0.3 is 18.9 Å². The summed E-state index contributed by atoms with van der Waals surface area (Å²) in [6.45, 7) is 12.2. The number of aldehydes is 1. The van der Waals surface area contributed by atoms with Gasteiger partial charge in [-0.15, -0.1) is 19.7 Å².